The maximum atomic E-state index is 12.0. The van der Waals surface area contributed by atoms with Gasteiger partial charge in [0, 0.05) is 17.7 Å². The van der Waals surface area contributed by atoms with Crippen LogP contribution in [0, 0.1) is 5.41 Å². The Morgan fingerprint density at radius 3 is 2.60 bits per heavy atom. The minimum Gasteiger partial charge on any atom is -0.481 e. The van der Waals surface area contributed by atoms with E-state index < -0.39 is 11.4 Å². The summed E-state index contributed by atoms with van der Waals surface area (Å²) in [5.41, 5.74) is 0.0708. The Kier molecular flexibility index (Phi) is 4.42. The van der Waals surface area contributed by atoms with Crippen LogP contribution in [0.2, 0.25) is 0 Å². The third-order valence-corrected chi connectivity index (χ3v) is 4.85. The van der Waals surface area contributed by atoms with Crippen molar-refractivity contribution in [2.24, 2.45) is 5.41 Å². The van der Waals surface area contributed by atoms with E-state index in [1.54, 1.807) is 13.8 Å². The van der Waals surface area contributed by atoms with Crippen LogP contribution in [0.4, 0.5) is 5.13 Å². The van der Waals surface area contributed by atoms with E-state index in [1.807, 2.05) is 5.38 Å². The van der Waals surface area contributed by atoms with Gasteiger partial charge in [0.2, 0.25) is 5.91 Å². The van der Waals surface area contributed by atoms with Gasteiger partial charge in [0.05, 0.1) is 11.1 Å². The topological polar surface area (TPSA) is 79.3 Å². The van der Waals surface area contributed by atoms with Crippen molar-refractivity contribution in [1.29, 1.82) is 0 Å². The van der Waals surface area contributed by atoms with Crippen molar-refractivity contribution >= 4 is 28.3 Å². The minimum absolute atomic E-state index is 0.00627. The molecule has 1 amide bonds. The molecule has 1 heterocycles. The lowest BCUT2D eigenvalue weighted by molar-refractivity contribution is -0.151. The second kappa shape index (κ2) is 5.91. The van der Waals surface area contributed by atoms with Crippen LogP contribution in [0.15, 0.2) is 5.38 Å². The molecule has 6 heteroatoms. The highest BCUT2D eigenvalue weighted by atomic mass is 32.1. The molecule has 1 saturated carbocycles. The maximum absolute atomic E-state index is 12.0. The van der Waals surface area contributed by atoms with Crippen LogP contribution in [0.5, 0.6) is 0 Å². The van der Waals surface area contributed by atoms with Gasteiger partial charge in [0.15, 0.2) is 5.13 Å². The number of amides is 1. The molecule has 0 saturated heterocycles. The van der Waals surface area contributed by atoms with Crippen LogP contribution in [0.3, 0.4) is 0 Å². The molecule has 5 nitrogen and oxygen atoms in total. The molecule has 0 radical (unpaired) electrons. The molecule has 1 aliphatic rings. The number of hydrogen-bond donors (Lipinski definition) is 2. The number of nitrogens with zero attached hydrogens (tertiary/aromatic N) is 1. The Morgan fingerprint density at radius 2 is 2.10 bits per heavy atom. The van der Waals surface area contributed by atoms with Gasteiger partial charge in [0.1, 0.15) is 0 Å². The van der Waals surface area contributed by atoms with E-state index in [0.717, 1.165) is 5.69 Å². The third-order valence-electron chi connectivity index (χ3n) is 4.07. The SMILES string of the molecule is CCC(CC)(CC(=O)Nc1nc(C2CC2)cs1)C(=O)O. The Bertz CT molecular complexity index is 504. The first-order chi connectivity index (χ1) is 9.50. The third kappa shape index (κ3) is 3.17. The van der Waals surface area contributed by atoms with Gasteiger partial charge in [-0.2, -0.15) is 0 Å². The van der Waals surface area contributed by atoms with Crippen LogP contribution >= 0.6 is 11.3 Å². The predicted octanol–water partition coefficient (Wildman–Crippen LogP) is 3.24. The normalized spacial score (nSPS) is 15.1. The number of carboxylic acids is 1. The highest BCUT2D eigenvalue weighted by molar-refractivity contribution is 7.13. The van der Waals surface area contributed by atoms with E-state index in [1.165, 1.54) is 24.2 Å². The number of anilines is 1. The zero-order valence-corrected chi connectivity index (χ0v) is 12.6. The summed E-state index contributed by atoms with van der Waals surface area (Å²) in [7, 11) is 0. The fourth-order valence-electron chi connectivity index (χ4n) is 2.26. The predicted molar refractivity (Wildman–Crippen MR) is 78.0 cm³/mol. The fraction of sp³-hybridized carbons (Fsp3) is 0.643. The smallest absolute Gasteiger partial charge is 0.310 e. The number of aliphatic carboxylic acids is 1. The maximum Gasteiger partial charge on any atom is 0.310 e. The molecule has 0 spiro atoms. The molecule has 110 valence electrons. The minimum atomic E-state index is -0.972. The summed E-state index contributed by atoms with van der Waals surface area (Å²) in [5.74, 6) is -0.621. The molecule has 1 aliphatic carbocycles. The number of rotatable bonds is 7. The first-order valence-electron chi connectivity index (χ1n) is 6.99. The molecule has 1 aromatic rings. The summed E-state index contributed by atoms with van der Waals surface area (Å²) in [6.45, 7) is 3.61. The number of carbonyl (C=O) groups is 2. The van der Waals surface area contributed by atoms with Gasteiger partial charge in [0.25, 0.3) is 0 Å². The summed E-state index contributed by atoms with van der Waals surface area (Å²) >= 11 is 1.41. The molecule has 0 bridgehead atoms. The van der Waals surface area contributed by atoms with E-state index >= 15 is 0 Å². The second-order valence-electron chi connectivity index (χ2n) is 5.37. The standard InChI is InChI=1S/C14H20N2O3S/c1-3-14(4-2,12(18)19)7-11(17)16-13-15-10(8-20-13)9-5-6-9/h8-9H,3-7H2,1-2H3,(H,18,19)(H,15,16,17). The zero-order valence-electron chi connectivity index (χ0n) is 11.8. The first-order valence-corrected chi connectivity index (χ1v) is 7.87. The molecule has 1 fully saturated rings. The van der Waals surface area contributed by atoms with E-state index in [4.69, 9.17) is 0 Å². The Morgan fingerprint density at radius 1 is 1.45 bits per heavy atom. The second-order valence-corrected chi connectivity index (χ2v) is 6.23. The Labute approximate surface area is 122 Å². The number of aromatic nitrogens is 1. The fourth-order valence-corrected chi connectivity index (χ4v) is 3.07. The van der Waals surface area contributed by atoms with Crippen molar-refractivity contribution in [3.8, 4) is 0 Å². The van der Waals surface area contributed by atoms with Gasteiger partial charge in [-0.1, -0.05) is 13.8 Å². The molecule has 0 aliphatic heterocycles. The van der Waals surface area contributed by atoms with E-state index in [0.29, 0.717) is 23.9 Å². The molecule has 0 atom stereocenters. The lowest BCUT2D eigenvalue weighted by atomic mass is 9.79. The van der Waals surface area contributed by atoms with Gasteiger partial charge in [-0.05, 0) is 25.7 Å². The lowest BCUT2D eigenvalue weighted by Gasteiger charge is -2.25. The van der Waals surface area contributed by atoms with Crippen molar-refractivity contribution in [3.05, 3.63) is 11.1 Å². The first kappa shape index (κ1) is 15.0. The van der Waals surface area contributed by atoms with Crippen molar-refractivity contribution in [1.82, 2.24) is 4.98 Å². The largest absolute Gasteiger partial charge is 0.481 e. The van der Waals surface area contributed by atoms with Gasteiger partial charge in [-0.25, -0.2) is 4.98 Å². The van der Waals surface area contributed by atoms with Gasteiger partial charge in [-0.15, -0.1) is 11.3 Å². The Hall–Kier alpha value is -1.43. The number of thiazole rings is 1. The van der Waals surface area contributed by atoms with Gasteiger partial charge < -0.3 is 10.4 Å². The summed E-state index contributed by atoms with van der Waals surface area (Å²) in [4.78, 5) is 27.8. The van der Waals surface area contributed by atoms with Crippen molar-refractivity contribution in [2.75, 3.05) is 5.32 Å². The molecule has 1 aromatic heterocycles. The average molecular weight is 296 g/mol. The van der Waals surface area contributed by atoms with Crippen LogP contribution in [0.1, 0.15) is 57.6 Å². The Balaban J connectivity index is 1.97. The van der Waals surface area contributed by atoms with E-state index in [2.05, 4.69) is 10.3 Å². The summed E-state index contributed by atoms with van der Waals surface area (Å²) < 4.78 is 0. The highest BCUT2D eigenvalue weighted by Crippen LogP contribution is 2.41. The molecular weight excluding hydrogens is 276 g/mol. The summed E-state index contributed by atoms with van der Waals surface area (Å²) in [6.07, 6.45) is 3.22. The molecule has 2 N–H and O–H groups in total. The quantitative estimate of drug-likeness (QED) is 0.809. The zero-order chi connectivity index (χ0) is 14.8. The van der Waals surface area contributed by atoms with Crippen LogP contribution in [0.25, 0.3) is 0 Å². The lowest BCUT2D eigenvalue weighted by Crippen LogP contribution is -2.34. The monoisotopic (exact) mass is 296 g/mol. The molecule has 2 rings (SSSR count). The van der Waals surface area contributed by atoms with Crippen LogP contribution in [-0.2, 0) is 9.59 Å². The van der Waals surface area contributed by atoms with Crippen molar-refractivity contribution in [2.45, 2.75) is 51.9 Å². The van der Waals surface area contributed by atoms with E-state index in [-0.39, 0.29) is 12.3 Å². The molecule has 20 heavy (non-hydrogen) atoms. The average Bonchev–Trinajstić information content (AvgIpc) is 3.17. The van der Waals surface area contributed by atoms with Gasteiger partial charge >= 0.3 is 5.97 Å². The molecular formula is C14H20N2O3S. The molecule has 0 aromatic carbocycles. The summed E-state index contributed by atoms with van der Waals surface area (Å²) in [5, 5.41) is 14.6. The van der Waals surface area contributed by atoms with Crippen LogP contribution in [-0.4, -0.2) is 22.0 Å². The number of carbonyl (C=O) groups excluding carboxylic acids is 1. The molecule has 0 unspecified atom stereocenters. The van der Waals surface area contributed by atoms with Crippen molar-refractivity contribution in [3.63, 3.8) is 0 Å². The number of hydrogen-bond acceptors (Lipinski definition) is 4. The van der Waals surface area contributed by atoms with Gasteiger partial charge in [-0.3, -0.25) is 9.59 Å². The van der Waals surface area contributed by atoms with Crippen LogP contribution < -0.4 is 5.32 Å². The van der Waals surface area contributed by atoms with E-state index in [9.17, 15) is 14.7 Å². The highest BCUT2D eigenvalue weighted by Gasteiger charge is 2.37. The summed E-state index contributed by atoms with van der Waals surface area (Å²) in [6, 6.07) is 0. The van der Waals surface area contributed by atoms with Crippen molar-refractivity contribution < 1.29 is 14.7 Å². The number of nitrogens with one attached hydrogen (secondary N) is 1. The number of carboxylic acid groups (broad SMARTS) is 1.